The summed E-state index contributed by atoms with van der Waals surface area (Å²) in [5.74, 6) is 1.63. The lowest BCUT2D eigenvalue weighted by Gasteiger charge is -2.07. The van der Waals surface area contributed by atoms with Crippen LogP contribution in [-0.4, -0.2) is 21.1 Å². The standard InChI is InChI=1S/C13H17BrN4/c14-11-5-6-12-16-13(17-18(12)9-11)15-8-7-10-3-1-2-4-10/h5-6,9-10H,1-4,7-8H2,(H,15,17). The van der Waals surface area contributed by atoms with Gasteiger partial charge in [-0.3, -0.25) is 0 Å². The second kappa shape index (κ2) is 5.26. The summed E-state index contributed by atoms with van der Waals surface area (Å²) >= 11 is 3.43. The molecule has 0 amide bonds. The highest BCUT2D eigenvalue weighted by molar-refractivity contribution is 9.10. The van der Waals surface area contributed by atoms with Gasteiger partial charge < -0.3 is 5.32 Å². The second-order valence-corrected chi connectivity index (χ2v) is 5.87. The lowest BCUT2D eigenvalue weighted by Crippen LogP contribution is -2.07. The van der Waals surface area contributed by atoms with Crippen molar-refractivity contribution in [3.63, 3.8) is 0 Å². The van der Waals surface area contributed by atoms with E-state index in [0.717, 1.165) is 28.5 Å². The summed E-state index contributed by atoms with van der Waals surface area (Å²) in [4.78, 5) is 4.44. The average Bonchev–Trinajstić information content (AvgIpc) is 2.97. The fourth-order valence-electron chi connectivity index (χ4n) is 2.62. The van der Waals surface area contributed by atoms with Gasteiger partial charge in [0.2, 0.25) is 5.95 Å². The second-order valence-electron chi connectivity index (χ2n) is 4.95. The highest BCUT2D eigenvalue weighted by Gasteiger charge is 2.14. The molecule has 0 aliphatic heterocycles. The van der Waals surface area contributed by atoms with Gasteiger partial charge in [-0.15, -0.1) is 5.10 Å². The molecule has 0 aromatic carbocycles. The van der Waals surface area contributed by atoms with E-state index in [4.69, 9.17) is 0 Å². The van der Waals surface area contributed by atoms with Gasteiger partial charge in [0, 0.05) is 17.2 Å². The van der Waals surface area contributed by atoms with Gasteiger partial charge in [-0.2, -0.15) is 4.98 Å². The molecule has 0 unspecified atom stereocenters. The number of fused-ring (bicyclic) bond motifs is 1. The predicted octanol–water partition coefficient (Wildman–Crippen LogP) is 3.48. The van der Waals surface area contributed by atoms with Crippen molar-refractivity contribution >= 4 is 27.5 Å². The minimum atomic E-state index is 0.728. The molecular formula is C13H17BrN4. The van der Waals surface area contributed by atoms with E-state index in [2.05, 4.69) is 31.3 Å². The predicted molar refractivity (Wildman–Crippen MR) is 75.8 cm³/mol. The molecule has 2 aromatic rings. The number of nitrogens with zero attached hydrogens (tertiary/aromatic N) is 3. The van der Waals surface area contributed by atoms with Gasteiger partial charge in [-0.25, -0.2) is 4.52 Å². The van der Waals surface area contributed by atoms with Gasteiger partial charge in [-0.1, -0.05) is 25.7 Å². The summed E-state index contributed by atoms with van der Waals surface area (Å²) in [6.07, 6.45) is 8.76. The fraction of sp³-hybridized carbons (Fsp3) is 0.538. The molecule has 0 bridgehead atoms. The number of rotatable bonds is 4. The highest BCUT2D eigenvalue weighted by atomic mass is 79.9. The smallest absolute Gasteiger partial charge is 0.243 e. The Hall–Kier alpha value is -1.10. The first kappa shape index (κ1) is 12.0. The maximum absolute atomic E-state index is 4.44. The molecule has 1 N–H and O–H groups in total. The summed E-state index contributed by atoms with van der Waals surface area (Å²) in [5.41, 5.74) is 0.876. The van der Waals surface area contributed by atoms with Gasteiger partial charge >= 0.3 is 0 Å². The third kappa shape index (κ3) is 2.66. The Bertz CT molecular complexity index is 531. The van der Waals surface area contributed by atoms with Crippen molar-refractivity contribution < 1.29 is 0 Å². The Morgan fingerprint density at radius 3 is 3.00 bits per heavy atom. The van der Waals surface area contributed by atoms with E-state index in [1.165, 1.54) is 32.1 Å². The Balaban J connectivity index is 1.60. The Labute approximate surface area is 115 Å². The van der Waals surface area contributed by atoms with Crippen LogP contribution in [0.25, 0.3) is 5.65 Å². The van der Waals surface area contributed by atoms with Crippen molar-refractivity contribution in [2.45, 2.75) is 32.1 Å². The molecular weight excluding hydrogens is 292 g/mol. The molecule has 96 valence electrons. The van der Waals surface area contributed by atoms with Crippen LogP contribution in [-0.2, 0) is 0 Å². The monoisotopic (exact) mass is 308 g/mol. The van der Waals surface area contributed by atoms with E-state index in [1.807, 2.05) is 18.3 Å². The zero-order chi connectivity index (χ0) is 12.4. The van der Waals surface area contributed by atoms with Gasteiger partial charge in [0.15, 0.2) is 5.65 Å². The van der Waals surface area contributed by atoms with Crippen molar-refractivity contribution in [1.82, 2.24) is 14.6 Å². The quantitative estimate of drug-likeness (QED) is 0.940. The van der Waals surface area contributed by atoms with Crippen LogP contribution < -0.4 is 5.32 Å². The van der Waals surface area contributed by atoms with Crippen LogP contribution in [0.4, 0.5) is 5.95 Å². The molecule has 2 heterocycles. The van der Waals surface area contributed by atoms with Crippen molar-refractivity contribution in [2.75, 3.05) is 11.9 Å². The molecule has 0 saturated heterocycles. The molecule has 18 heavy (non-hydrogen) atoms. The average molecular weight is 309 g/mol. The van der Waals surface area contributed by atoms with E-state index in [-0.39, 0.29) is 0 Å². The topological polar surface area (TPSA) is 42.2 Å². The van der Waals surface area contributed by atoms with Crippen LogP contribution in [0.1, 0.15) is 32.1 Å². The summed E-state index contributed by atoms with van der Waals surface area (Å²) in [7, 11) is 0. The van der Waals surface area contributed by atoms with E-state index >= 15 is 0 Å². The summed E-state index contributed by atoms with van der Waals surface area (Å²) in [5, 5.41) is 7.72. The Morgan fingerprint density at radius 1 is 1.33 bits per heavy atom. The minimum Gasteiger partial charge on any atom is -0.353 e. The molecule has 5 heteroatoms. The number of hydrogen-bond donors (Lipinski definition) is 1. The number of pyridine rings is 1. The molecule has 2 aromatic heterocycles. The maximum Gasteiger partial charge on any atom is 0.243 e. The molecule has 0 atom stereocenters. The maximum atomic E-state index is 4.44. The number of aromatic nitrogens is 3. The Morgan fingerprint density at radius 2 is 2.17 bits per heavy atom. The number of nitrogens with one attached hydrogen (secondary N) is 1. The van der Waals surface area contributed by atoms with Crippen molar-refractivity contribution in [2.24, 2.45) is 5.92 Å². The zero-order valence-electron chi connectivity index (χ0n) is 10.3. The van der Waals surface area contributed by atoms with Crippen molar-refractivity contribution in [3.8, 4) is 0 Å². The van der Waals surface area contributed by atoms with Crippen LogP contribution in [0, 0.1) is 5.92 Å². The summed E-state index contributed by atoms with van der Waals surface area (Å²) < 4.78 is 2.81. The van der Waals surface area contributed by atoms with Crippen LogP contribution >= 0.6 is 15.9 Å². The molecule has 0 spiro atoms. The van der Waals surface area contributed by atoms with Crippen molar-refractivity contribution in [1.29, 1.82) is 0 Å². The van der Waals surface area contributed by atoms with Gasteiger partial charge in [0.05, 0.1) is 0 Å². The highest BCUT2D eigenvalue weighted by Crippen LogP contribution is 2.27. The number of hydrogen-bond acceptors (Lipinski definition) is 3. The van der Waals surface area contributed by atoms with E-state index in [9.17, 15) is 0 Å². The molecule has 1 fully saturated rings. The molecule has 1 aliphatic rings. The first-order valence-electron chi connectivity index (χ1n) is 6.57. The number of anilines is 1. The summed E-state index contributed by atoms with van der Waals surface area (Å²) in [6.45, 7) is 0.975. The SMILES string of the molecule is Brc1ccc2nc(NCCC3CCCC3)nn2c1. The lowest BCUT2D eigenvalue weighted by atomic mass is 10.0. The largest absolute Gasteiger partial charge is 0.353 e. The fourth-order valence-corrected chi connectivity index (χ4v) is 2.95. The van der Waals surface area contributed by atoms with E-state index in [0.29, 0.717) is 0 Å². The molecule has 4 nitrogen and oxygen atoms in total. The minimum absolute atomic E-state index is 0.728. The lowest BCUT2D eigenvalue weighted by molar-refractivity contribution is 0.518. The van der Waals surface area contributed by atoms with E-state index < -0.39 is 0 Å². The third-order valence-corrected chi connectivity index (χ3v) is 4.07. The van der Waals surface area contributed by atoms with Crippen LogP contribution in [0.15, 0.2) is 22.8 Å². The van der Waals surface area contributed by atoms with Crippen molar-refractivity contribution in [3.05, 3.63) is 22.8 Å². The first-order chi connectivity index (χ1) is 8.81. The number of halogens is 1. The van der Waals surface area contributed by atoms with Crippen LogP contribution in [0.5, 0.6) is 0 Å². The van der Waals surface area contributed by atoms with Crippen LogP contribution in [0.3, 0.4) is 0 Å². The first-order valence-corrected chi connectivity index (χ1v) is 7.36. The van der Waals surface area contributed by atoms with Gasteiger partial charge in [0.25, 0.3) is 0 Å². The van der Waals surface area contributed by atoms with Gasteiger partial charge in [-0.05, 0) is 40.4 Å². The van der Waals surface area contributed by atoms with Gasteiger partial charge in [0.1, 0.15) is 0 Å². The summed E-state index contributed by atoms with van der Waals surface area (Å²) in [6, 6.07) is 3.94. The van der Waals surface area contributed by atoms with E-state index in [1.54, 1.807) is 4.52 Å². The molecule has 1 aliphatic carbocycles. The molecule has 1 saturated carbocycles. The zero-order valence-corrected chi connectivity index (χ0v) is 11.9. The van der Waals surface area contributed by atoms with Crippen LogP contribution in [0.2, 0.25) is 0 Å². The molecule has 3 rings (SSSR count). The Kier molecular flexibility index (Phi) is 3.50. The normalized spacial score (nSPS) is 16.5. The third-order valence-electron chi connectivity index (χ3n) is 3.61. The molecule has 0 radical (unpaired) electrons.